The zero-order chi connectivity index (χ0) is 13.8. The van der Waals surface area contributed by atoms with Crippen LogP contribution >= 0.6 is 11.6 Å². The second-order valence-corrected chi connectivity index (χ2v) is 5.33. The monoisotopic (exact) mass is 289 g/mol. The molecule has 0 spiro atoms. The van der Waals surface area contributed by atoms with Gasteiger partial charge < -0.3 is 10.6 Å². The average Bonchev–Trinajstić information content (AvgIpc) is 3.23. The third-order valence-corrected chi connectivity index (χ3v) is 3.31. The molecule has 1 aromatic heterocycles. The van der Waals surface area contributed by atoms with Crippen molar-refractivity contribution in [1.82, 2.24) is 15.2 Å². The molecule has 0 saturated heterocycles. The summed E-state index contributed by atoms with van der Waals surface area (Å²) >= 11 is 5.95. The first-order chi connectivity index (χ1) is 9.79. The Bertz CT molecular complexity index is 585. The summed E-state index contributed by atoms with van der Waals surface area (Å²) in [5, 5.41) is 15.2. The van der Waals surface area contributed by atoms with E-state index in [1.807, 2.05) is 18.2 Å². The zero-order valence-corrected chi connectivity index (χ0v) is 11.8. The molecule has 0 aliphatic heterocycles. The molecule has 0 radical (unpaired) electrons. The van der Waals surface area contributed by atoms with Crippen LogP contribution in [0.1, 0.15) is 18.4 Å². The van der Waals surface area contributed by atoms with E-state index in [1.54, 1.807) is 6.20 Å². The Morgan fingerprint density at radius 1 is 1.30 bits per heavy atom. The minimum atomic E-state index is 0.553. The van der Waals surface area contributed by atoms with Crippen molar-refractivity contribution in [2.75, 3.05) is 17.2 Å². The standard InChI is InChI=1S/C14H16ClN5/c15-11-3-1-2-10(8-11)6-7-16-14-19-13(9-17-20-14)18-12-4-5-12/h1-3,8-9,12H,4-7H2,(H2,16,18,19,20). The first kappa shape index (κ1) is 13.1. The van der Waals surface area contributed by atoms with Gasteiger partial charge in [-0.05, 0) is 37.0 Å². The molecule has 1 heterocycles. The van der Waals surface area contributed by atoms with Crippen molar-refractivity contribution in [2.45, 2.75) is 25.3 Å². The van der Waals surface area contributed by atoms with E-state index in [0.717, 1.165) is 23.8 Å². The summed E-state index contributed by atoms with van der Waals surface area (Å²) < 4.78 is 0. The number of nitrogens with zero attached hydrogens (tertiary/aromatic N) is 3. The van der Waals surface area contributed by atoms with Crippen LogP contribution in [-0.4, -0.2) is 27.8 Å². The van der Waals surface area contributed by atoms with Gasteiger partial charge in [-0.3, -0.25) is 0 Å². The minimum Gasteiger partial charge on any atom is -0.366 e. The highest BCUT2D eigenvalue weighted by Gasteiger charge is 2.21. The summed E-state index contributed by atoms with van der Waals surface area (Å²) in [5.74, 6) is 1.34. The summed E-state index contributed by atoms with van der Waals surface area (Å²) in [6.07, 6.45) is 4.94. The van der Waals surface area contributed by atoms with Gasteiger partial charge in [0, 0.05) is 17.6 Å². The summed E-state index contributed by atoms with van der Waals surface area (Å²) in [6.45, 7) is 0.745. The highest BCUT2D eigenvalue weighted by atomic mass is 35.5. The molecule has 0 atom stereocenters. The molecule has 0 unspecified atom stereocenters. The maximum Gasteiger partial charge on any atom is 0.244 e. The molecular weight excluding hydrogens is 274 g/mol. The largest absolute Gasteiger partial charge is 0.366 e. The number of hydrogen-bond donors (Lipinski definition) is 2. The lowest BCUT2D eigenvalue weighted by Crippen LogP contribution is -2.11. The van der Waals surface area contributed by atoms with Crippen molar-refractivity contribution in [2.24, 2.45) is 0 Å². The first-order valence-electron chi connectivity index (χ1n) is 6.74. The Labute approximate surface area is 122 Å². The smallest absolute Gasteiger partial charge is 0.244 e. The lowest BCUT2D eigenvalue weighted by Gasteiger charge is -2.07. The minimum absolute atomic E-state index is 0.553. The van der Waals surface area contributed by atoms with Gasteiger partial charge in [-0.15, -0.1) is 5.10 Å². The molecular formula is C14H16ClN5. The number of aromatic nitrogens is 3. The quantitative estimate of drug-likeness (QED) is 0.856. The topological polar surface area (TPSA) is 62.7 Å². The van der Waals surface area contributed by atoms with E-state index in [9.17, 15) is 0 Å². The van der Waals surface area contributed by atoms with Crippen molar-refractivity contribution in [3.05, 3.63) is 41.0 Å². The fourth-order valence-corrected chi connectivity index (χ4v) is 2.11. The molecule has 104 valence electrons. The molecule has 5 nitrogen and oxygen atoms in total. The first-order valence-corrected chi connectivity index (χ1v) is 7.12. The summed E-state index contributed by atoms with van der Waals surface area (Å²) in [5.41, 5.74) is 1.19. The third kappa shape index (κ3) is 3.81. The summed E-state index contributed by atoms with van der Waals surface area (Å²) in [4.78, 5) is 4.38. The molecule has 0 amide bonds. The van der Waals surface area contributed by atoms with E-state index in [4.69, 9.17) is 11.6 Å². The molecule has 6 heteroatoms. The predicted molar refractivity (Wildman–Crippen MR) is 80.1 cm³/mol. The fraction of sp³-hybridized carbons (Fsp3) is 0.357. The molecule has 2 N–H and O–H groups in total. The Morgan fingerprint density at radius 3 is 3.00 bits per heavy atom. The molecule has 1 saturated carbocycles. The van der Waals surface area contributed by atoms with Gasteiger partial charge in [0.15, 0.2) is 5.82 Å². The van der Waals surface area contributed by atoms with E-state index in [-0.39, 0.29) is 0 Å². The molecule has 20 heavy (non-hydrogen) atoms. The van der Waals surface area contributed by atoms with Gasteiger partial charge in [-0.25, -0.2) is 0 Å². The van der Waals surface area contributed by atoms with E-state index in [1.165, 1.54) is 18.4 Å². The van der Waals surface area contributed by atoms with E-state index in [0.29, 0.717) is 12.0 Å². The maximum absolute atomic E-state index is 5.95. The van der Waals surface area contributed by atoms with Gasteiger partial charge >= 0.3 is 0 Å². The van der Waals surface area contributed by atoms with Crippen LogP contribution in [0.15, 0.2) is 30.5 Å². The number of benzene rings is 1. The maximum atomic E-state index is 5.95. The lowest BCUT2D eigenvalue weighted by atomic mass is 10.1. The van der Waals surface area contributed by atoms with Gasteiger partial charge in [0.1, 0.15) is 0 Å². The summed E-state index contributed by atoms with van der Waals surface area (Å²) in [7, 11) is 0. The number of hydrogen-bond acceptors (Lipinski definition) is 5. The molecule has 1 aromatic carbocycles. The Morgan fingerprint density at radius 2 is 2.20 bits per heavy atom. The number of halogens is 1. The van der Waals surface area contributed by atoms with Crippen LogP contribution < -0.4 is 10.6 Å². The molecule has 0 bridgehead atoms. The highest BCUT2D eigenvalue weighted by molar-refractivity contribution is 6.30. The zero-order valence-electron chi connectivity index (χ0n) is 11.0. The van der Waals surface area contributed by atoms with Gasteiger partial charge in [0.25, 0.3) is 0 Å². The fourth-order valence-electron chi connectivity index (χ4n) is 1.90. The average molecular weight is 290 g/mol. The van der Waals surface area contributed by atoms with Gasteiger partial charge in [0.05, 0.1) is 6.20 Å². The molecule has 1 fully saturated rings. The molecule has 2 aromatic rings. The summed E-state index contributed by atoms with van der Waals surface area (Å²) in [6, 6.07) is 8.41. The number of nitrogens with one attached hydrogen (secondary N) is 2. The highest BCUT2D eigenvalue weighted by Crippen LogP contribution is 2.23. The van der Waals surface area contributed by atoms with Crippen LogP contribution in [0.2, 0.25) is 5.02 Å². The van der Waals surface area contributed by atoms with Crippen molar-refractivity contribution < 1.29 is 0 Å². The Balaban J connectivity index is 1.52. The van der Waals surface area contributed by atoms with E-state index < -0.39 is 0 Å². The van der Waals surface area contributed by atoms with Crippen molar-refractivity contribution in [1.29, 1.82) is 0 Å². The van der Waals surface area contributed by atoms with Crippen LogP contribution in [0, 0.1) is 0 Å². The van der Waals surface area contributed by atoms with Crippen LogP contribution in [0.3, 0.4) is 0 Å². The molecule has 1 aliphatic carbocycles. The second-order valence-electron chi connectivity index (χ2n) is 4.89. The number of anilines is 2. The van der Waals surface area contributed by atoms with Crippen LogP contribution in [0.4, 0.5) is 11.8 Å². The van der Waals surface area contributed by atoms with Crippen molar-refractivity contribution >= 4 is 23.4 Å². The van der Waals surface area contributed by atoms with Crippen LogP contribution in [-0.2, 0) is 6.42 Å². The molecule has 3 rings (SSSR count). The van der Waals surface area contributed by atoms with Crippen molar-refractivity contribution in [3.63, 3.8) is 0 Å². The van der Waals surface area contributed by atoms with E-state index in [2.05, 4.69) is 31.9 Å². The second kappa shape index (κ2) is 6.05. The third-order valence-electron chi connectivity index (χ3n) is 3.07. The predicted octanol–water partition coefficient (Wildman–Crippen LogP) is 2.75. The van der Waals surface area contributed by atoms with E-state index >= 15 is 0 Å². The SMILES string of the molecule is Clc1cccc(CCNc2nncc(NC3CC3)n2)c1. The van der Waals surface area contributed by atoms with Gasteiger partial charge in [-0.1, -0.05) is 23.7 Å². The lowest BCUT2D eigenvalue weighted by molar-refractivity contribution is 0.921. The Kier molecular flexibility index (Phi) is 3.97. The van der Waals surface area contributed by atoms with Crippen LogP contribution in [0.5, 0.6) is 0 Å². The Hall–Kier alpha value is -1.88. The molecule has 1 aliphatic rings. The normalized spacial score (nSPS) is 14.1. The van der Waals surface area contributed by atoms with Gasteiger partial charge in [0.2, 0.25) is 5.95 Å². The van der Waals surface area contributed by atoms with Crippen LogP contribution in [0.25, 0.3) is 0 Å². The van der Waals surface area contributed by atoms with Gasteiger partial charge in [-0.2, -0.15) is 10.1 Å². The van der Waals surface area contributed by atoms with Crippen molar-refractivity contribution in [3.8, 4) is 0 Å². The number of rotatable bonds is 6.